The predicted molar refractivity (Wildman–Crippen MR) is 90.9 cm³/mol. The lowest BCUT2D eigenvalue weighted by atomic mass is 10.1. The van der Waals surface area contributed by atoms with Crippen molar-refractivity contribution in [3.8, 4) is 5.75 Å². The van der Waals surface area contributed by atoms with Crippen LogP contribution in [0.25, 0.3) is 11.0 Å². The molecule has 7 nitrogen and oxygen atoms in total. The molecule has 130 valence electrons. The molecule has 2 heterocycles. The molecule has 8 heteroatoms. The van der Waals surface area contributed by atoms with Gasteiger partial charge in [0.25, 0.3) is 11.8 Å². The summed E-state index contributed by atoms with van der Waals surface area (Å²) in [6.45, 7) is -0.241. The van der Waals surface area contributed by atoms with Gasteiger partial charge in [-0.05, 0) is 23.8 Å². The Bertz CT molecular complexity index is 1100. The van der Waals surface area contributed by atoms with E-state index >= 15 is 0 Å². The van der Waals surface area contributed by atoms with Crippen LogP contribution in [-0.4, -0.2) is 22.0 Å². The number of phenolic OH excluding ortho intramolecular Hbond substituents is 1. The number of amides is 2. The van der Waals surface area contributed by atoms with Crippen molar-refractivity contribution in [2.45, 2.75) is 6.61 Å². The molecule has 0 saturated carbocycles. The molecule has 4 rings (SSSR count). The average Bonchev–Trinajstić information content (AvgIpc) is 2.86. The van der Waals surface area contributed by atoms with Gasteiger partial charge in [0, 0.05) is 17.5 Å². The third kappa shape index (κ3) is 2.54. The summed E-state index contributed by atoms with van der Waals surface area (Å²) in [5, 5.41) is 10.8. The van der Waals surface area contributed by atoms with Gasteiger partial charge in [-0.3, -0.25) is 14.4 Å². The lowest BCUT2D eigenvalue weighted by Gasteiger charge is -2.14. The van der Waals surface area contributed by atoms with E-state index in [0.717, 1.165) is 0 Å². The Balaban J connectivity index is 1.67. The summed E-state index contributed by atoms with van der Waals surface area (Å²) in [7, 11) is 0. The standard InChI is InChI=1S/C18H10ClNO6/c19-13-6-12-9(5-16(22)26-15(12)7-14(13)21)8-25-20-17(23)10-3-1-2-4-11(10)18(20)24/h1-7,21H,8H2. The third-order valence-electron chi connectivity index (χ3n) is 4.00. The number of carbonyl (C=O) groups excluding carboxylic acids is 2. The molecule has 0 saturated heterocycles. The van der Waals surface area contributed by atoms with E-state index in [4.69, 9.17) is 20.9 Å². The van der Waals surface area contributed by atoms with E-state index < -0.39 is 17.4 Å². The molecule has 2 aromatic carbocycles. The van der Waals surface area contributed by atoms with Crippen molar-refractivity contribution < 1.29 is 24.0 Å². The second kappa shape index (κ2) is 5.98. The number of carbonyl (C=O) groups is 2. The molecule has 0 unspecified atom stereocenters. The van der Waals surface area contributed by atoms with E-state index in [1.807, 2.05) is 0 Å². The number of fused-ring (bicyclic) bond motifs is 2. The zero-order valence-electron chi connectivity index (χ0n) is 13.1. The van der Waals surface area contributed by atoms with Crippen LogP contribution >= 0.6 is 11.6 Å². The highest BCUT2D eigenvalue weighted by molar-refractivity contribution is 6.32. The summed E-state index contributed by atoms with van der Waals surface area (Å²) in [6, 6.07) is 10.2. The number of hydroxylamine groups is 2. The SMILES string of the molecule is O=C1c2ccccc2C(=O)N1OCc1cc(=O)oc2cc(O)c(Cl)cc12. The number of rotatable bonds is 3. The molecule has 0 aliphatic carbocycles. The maximum absolute atomic E-state index is 12.3. The molecule has 0 bridgehead atoms. The first kappa shape index (κ1) is 16.3. The predicted octanol–water partition coefficient (Wildman–Crippen LogP) is 2.88. The van der Waals surface area contributed by atoms with Crippen molar-refractivity contribution >= 4 is 34.4 Å². The minimum Gasteiger partial charge on any atom is -0.506 e. The highest BCUT2D eigenvalue weighted by Crippen LogP contribution is 2.31. The molecule has 1 N–H and O–H groups in total. The average molecular weight is 372 g/mol. The summed E-state index contributed by atoms with van der Waals surface area (Å²) in [4.78, 5) is 41.7. The van der Waals surface area contributed by atoms with E-state index in [1.165, 1.54) is 30.3 Å². The molecule has 26 heavy (non-hydrogen) atoms. The van der Waals surface area contributed by atoms with Gasteiger partial charge in [-0.2, -0.15) is 0 Å². The van der Waals surface area contributed by atoms with Gasteiger partial charge < -0.3 is 9.52 Å². The van der Waals surface area contributed by atoms with Crippen molar-refractivity contribution in [2.24, 2.45) is 0 Å². The molecule has 0 spiro atoms. The Kier molecular flexibility index (Phi) is 3.75. The summed E-state index contributed by atoms with van der Waals surface area (Å²) in [5.74, 6) is -1.39. The van der Waals surface area contributed by atoms with Gasteiger partial charge in [0.05, 0.1) is 16.1 Å². The minimum absolute atomic E-state index is 0.0633. The quantitative estimate of drug-likeness (QED) is 0.561. The smallest absolute Gasteiger partial charge is 0.336 e. The number of benzene rings is 2. The highest BCUT2D eigenvalue weighted by atomic mass is 35.5. The van der Waals surface area contributed by atoms with Crippen molar-refractivity contribution in [3.63, 3.8) is 0 Å². The maximum atomic E-state index is 12.3. The molecule has 3 aromatic rings. The van der Waals surface area contributed by atoms with Crippen LogP contribution in [0.2, 0.25) is 5.02 Å². The second-order valence-electron chi connectivity index (χ2n) is 5.61. The van der Waals surface area contributed by atoms with Crippen LogP contribution in [0.4, 0.5) is 0 Å². The maximum Gasteiger partial charge on any atom is 0.336 e. The van der Waals surface area contributed by atoms with Crippen LogP contribution in [0, 0.1) is 0 Å². The number of phenols is 1. The minimum atomic E-state index is -0.666. The van der Waals surface area contributed by atoms with Crippen molar-refractivity contribution in [1.29, 1.82) is 0 Å². The van der Waals surface area contributed by atoms with E-state index in [1.54, 1.807) is 12.1 Å². The fourth-order valence-electron chi connectivity index (χ4n) is 2.77. The first-order valence-electron chi connectivity index (χ1n) is 7.51. The molecule has 0 radical (unpaired) electrons. The molecule has 1 aliphatic rings. The second-order valence-corrected chi connectivity index (χ2v) is 6.02. The van der Waals surface area contributed by atoms with Gasteiger partial charge in [-0.25, -0.2) is 4.79 Å². The summed E-state index contributed by atoms with van der Waals surface area (Å²) >= 11 is 5.90. The normalized spacial score (nSPS) is 13.5. The fourth-order valence-corrected chi connectivity index (χ4v) is 2.94. The molecular weight excluding hydrogens is 362 g/mol. The summed E-state index contributed by atoms with van der Waals surface area (Å²) in [6.07, 6.45) is 0. The van der Waals surface area contributed by atoms with Crippen LogP contribution < -0.4 is 5.63 Å². The van der Waals surface area contributed by atoms with Gasteiger partial charge in [0.1, 0.15) is 17.9 Å². The summed E-state index contributed by atoms with van der Waals surface area (Å²) in [5.41, 5.74) is 0.307. The highest BCUT2D eigenvalue weighted by Gasteiger charge is 2.36. The zero-order chi connectivity index (χ0) is 18.4. The number of nitrogens with zero attached hydrogens (tertiary/aromatic N) is 1. The first-order valence-corrected chi connectivity index (χ1v) is 7.89. The molecule has 0 fully saturated rings. The zero-order valence-corrected chi connectivity index (χ0v) is 13.8. The Morgan fingerprint density at radius 3 is 2.35 bits per heavy atom. The monoisotopic (exact) mass is 371 g/mol. The van der Waals surface area contributed by atoms with Crippen LogP contribution in [0.1, 0.15) is 26.3 Å². The Morgan fingerprint density at radius 1 is 1.04 bits per heavy atom. The Labute approximate surface area is 150 Å². The van der Waals surface area contributed by atoms with Gasteiger partial charge in [0.2, 0.25) is 0 Å². The molecular formula is C18H10ClNO6. The molecule has 2 amide bonds. The summed E-state index contributed by atoms with van der Waals surface area (Å²) < 4.78 is 5.03. The van der Waals surface area contributed by atoms with Crippen molar-refractivity contribution in [2.75, 3.05) is 0 Å². The van der Waals surface area contributed by atoms with E-state index in [-0.39, 0.29) is 34.1 Å². The largest absolute Gasteiger partial charge is 0.506 e. The van der Waals surface area contributed by atoms with Crippen molar-refractivity contribution in [3.05, 3.63) is 74.6 Å². The number of hydrogen-bond donors (Lipinski definition) is 1. The van der Waals surface area contributed by atoms with Gasteiger partial charge >= 0.3 is 5.63 Å². The van der Waals surface area contributed by atoms with E-state index in [2.05, 4.69) is 0 Å². The topological polar surface area (TPSA) is 97.0 Å². The first-order chi connectivity index (χ1) is 12.5. The van der Waals surface area contributed by atoms with E-state index in [0.29, 0.717) is 16.0 Å². The van der Waals surface area contributed by atoms with Crippen LogP contribution in [-0.2, 0) is 11.4 Å². The lowest BCUT2D eigenvalue weighted by molar-refractivity contribution is -0.100. The molecule has 0 atom stereocenters. The van der Waals surface area contributed by atoms with Crippen LogP contribution in [0.5, 0.6) is 5.75 Å². The van der Waals surface area contributed by atoms with Gasteiger partial charge in [-0.15, -0.1) is 5.06 Å². The Hall–Kier alpha value is -3.16. The van der Waals surface area contributed by atoms with Gasteiger partial charge in [-0.1, -0.05) is 23.7 Å². The number of halogens is 1. The molecule has 1 aliphatic heterocycles. The fraction of sp³-hybridized carbons (Fsp3) is 0.0556. The number of imide groups is 1. The van der Waals surface area contributed by atoms with Crippen molar-refractivity contribution in [1.82, 2.24) is 5.06 Å². The number of aromatic hydroxyl groups is 1. The number of hydrogen-bond acceptors (Lipinski definition) is 6. The molecule has 1 aromatic heterocycles. The van der Waals surface area contributed by atoms with Crippen LogP contribution in [0.3, 0.4) is 0 Å². The van der Waals surface area contributed by atoms with Gasteiger partial charge in [0.15, 0.2) is 0 Å². The van der Waals surface area contributed by atoms with Crippen LogP contribution in [0.15, 0.2) is 51.7 Å². The Morgan fingerprint density at radius 2 is 1.69 bits per heavy atom. The lowest BCUT2D eigenvalue weighted by Crippen LogP contribution is -2.29. The third-order valence-corrected chi connectivity index (χ3v) is 4.31. The van der Waals surface area contributed by atoms with E-state index in [9.17, 15) is 19.5 Å².